The fourth-order valence-corrected chi connectivity index (χ4v) is 4.47. The van der Waals surface area contributed by atoms with Crippen LogP contribution in [0.25, 0.3) is 0 Å². The number of nitrogens with one attached hydrogen (secondary N) is 1. The first-order valence-electron chi connectivity index (χ1n) is 12.4. The summed E-state index contributed by atoms with van der Waals surface area (Å²) < 4.78 is 0. The predicted octanol–water partition coefficient (Wildman–Crippen LogP) is 6.73. The molecule has 0 aliphatic heterocycles. The molecule has 4 nitrogen and oxygen atoms in total. The van der Waals surface area contributed by atoms with E-state index in [0.717, 1.165) is 23.6 Å². The van der Waals surface area contributed by atoms with Crippen molar-refractivity contribution in [2.75, 3.05) is 11.9 Å². The summed E-state index contributed by atoms with van der Waals surface area (Å²) in [5.41, 5.74) is 3.37. The van der Waals surface area contributed by atoms with Crippen LogP contribution >= 0.6 is 12.2 Å². The minimum Gasteiger partial charge on any atom is -0.359 e. The Hall–Kier alpha value is -1.75. The van der Waals surface area contributed by atoms with Gasteiger partial charge < -0.3 is 10.2 Å². The maximum atomic E-state index is 13.1. The van der Waals surface area contributed by atoms with Crippen LogP contribution in [0, 0.1) is 12.8 Å². The van der Waals surface area contributed by atoms with Gasteiger partial charge in [0.25, 0.3) is 0 Å². The fourth-order valence-electron chi connectivity index (χ4n) is 4.21. The molecule has 0 aliphatic rings. The highest BCUT2D eigenvalue weighted by Gasteiger charge is 2.25. The molecule has 0 saturated heterocycles. The second kappa shape index (κ2) is 15.2. The Morgan fingerprint density at radius 2 is 1.78 bits per heavy atom. The standard InChI is InChI=1S/C27H44N2O2S/c1-7-10-22(13-12-20(4)9-3)23-14-16-25(21(5)18-23)29(27(31)11-8-2)24(19-32)15-17-26(30)28-6/h14,16,18-20,22,24H,7-13,15,17H2,1-6H3,(H,28,30). The first-order valence-corrected chi connectivity index (χ1v) is 12.9. The largest absolute Gasteiger partial charge is 0.359 e. The van der Waals surface area contributed by atoms with E-state index >= 15 is 0 Å². The third kappa shape index (κ3) is 8.65. The molecule has 3 atom stereocenters. The van der Waals surface area contributed by atoms with Gasteiger partial charge in [0.2, 0.25) is 11.8 Å². The topological polar surface area (TPSA) is 49.4 Å². The zero-order chi connectivity index (χ0) is 24.1. The lowest BCUT2D eigenvalue weighted by Gasteiger charge is -2.31. The number of thiocarbonyl (C=S) groups is 1. The number of hydrogen-bond donors (Lipinski definition) is 1. The number of amides is 2. The Morgan fingerprint density at radius 1 is 1.06 bits per heavy atom. The minimum atomic E-state index is -0.275. The van der Waals surface area contributed by atoms with Crippen LogP contribution in [-0.2, 0) is 9.59 Å². The number of hydrogen-bond acceptors (Lipinski definition) is 3. The van der Waals surface area contributed by atoms with E-state index in [2.05, 4.69) is 51.2 Å². The zero-order valence-electron chi connectivity index (χ0n) is 21.1. The van der Waals surface area contributed by atoms with Crippen molar-refractivity contribution in [3.8, 4) is 0 Å². The van der Waals surface area contributed by atoms with E-state index in [9.17, 15) is 9.59 Å². The lowest BCUT2D eigenvalue weighted by Crippen LogP contribution is -2.42. The van der Waals surface area contributed by atoms with Crippen LogP contribution < -0.4 is 10.2 Å². The number of benzene rings is 1. The average Bonchev–Trinajstić information content (AvgIpc) is 2.79. The zero-order valence-corrected chi connectivity index (χ0v) is 21.9. The molecule has 0 fully saturated rings. The van der Waals surface area contributed by atoms with E-state index in [4.69, 9.17) is 12.2 Å². The molecule has 0 radical (unpaired) electrons. The van der Waals surface area contributed by atoms with Gasteiger partial charge in [-0.3, -0.25) is 9.59 Å². The summed E-state index contributed by atoms with van der Waals surface area (Å²) in [7, 11) is 1.63. The summed E-state index contributed by atoms with van der Waals surface area (Å²) in [5, 5.41) is 4.29. The molecular formula is C27H44N2O2S. The molecular weight excluding hydrogens is 416 g/mol. The van der Waals surface area contributed by atoms with E-state index in [0.29, 0.717) is 25.2 Å². The van der Waals surface area contributed by atoms with Crippen molar-refractivity contribution in [2.45, 2.75) is 104 Å². The summed E-state index contributed by atoms with van der Waals surface area (Å²) in [6.07, 6.45) is 8.13. The molecule has 2 amide bonds. The van der Waals surface area contributed by atoms with Gasteiger partial charge in [0.05, 0.1) is 6.04 Å². The maximum Gasteiger partial charge on any atom is 0.227 e. The molecule has 1 aromatic carbocycles. The molecule has 0 spiro atoms. The van der Waals surface area contributed by atoms with Gasteiger partial charge in [-0.05, 0) is 61.6 Å². The number of carbonyl (C=O) groups is 2. The lowest BCUT2D eigenvalue weighted by molar-refractivity contribution is -0.121. The monoisotopic (exact) mass is 460 g/mol. The quantitative estimate of drug-likeness (QED) is 0.295. The summed E-state index contributed by atoms with van der Waals surface area (Å²) in [6, 6.07) is 6.28. The molecule has 0 bridgehead atoms. The molecule has 32 heavy (non-hydrogen) atoms. The molecule has 1 N–H and O–H groups in total. The number of aryl methyl sites for hydroxylation is 1. The highest BCUT2D eigenvalue weighted by Crippen LogP contribution is 2.33. The second-order valence-corrected chi connectivity index (χ2v) is 9.32. The number of carbonyl (C=O) groups excluding carboxylic acids is 2. The molecule has 0 aromatic heterocycles. The maximum absolute atomic E-state index is 13.1. The van der Waals surface area contributed by atoms with E-state index < -0.39 is 0 Å². The fraction of sp³-hybridized carbons (Fsp3) is 0.667. The number of nitrogens with zero attached hydrogens (tertiary/aromatic N) is 1. The van der Waals surface area contributed by atoms with Gasteiger partial charge >= 0.3 is 0 Å². The van der Waals surface area contributed by atoms with E-state index in [1.54, 1.807) is 12.4 Å². The number of anilines is 1. The van der Waals surface area contributed by atoms with Crippen LogP contribution in [0.15, 0.2) is 18.2 Å². The average molecular weight is 461 g/mol. The first kappa shape index (κ1) is 28.3. The van der Waals surface area contributed by atoms with Crippen LogP contribution in [0.2, 0.25) is 0 Å². The Bertz CT molecular complexity index is 734. The lowest BCUT2D eigenvalue weighted by atomic mass is 9.86. The Morgan fingerprint density at radius 3 is 2.31 bits per heavy atom. The Kier molecular flexibility index (Phi) is 13.4. The van der Waals surface area contributed by atoms with Crippen molar-refractivity contribution < 1.29 is 9.59 Å². The van der Waals surface area contributed by atoms with Gasteiger partial charge in [-0.1, -0.05) is 71.3 Å². The molecule has 0 heterocycles. The summed E-state index contributed by atoms with van der Waals surface area (Å²) in [4.78, 5) is 26.7. The van der Waals surface area contributed by atoms with E-state index in [1.165, 1.54) is 37.7 Å². The van der Waals surface area contributed by atoms with Crippen molar-refractivity contribution in [1.82, 2.24) is 5.32 Å². The van der Waals surface area contributed by atoms with Gasteiger partial charge in [-0.15, -0.1) is 0 Å². The molecule has 1 rings (SSSR count). The smallest absolute Gasteiger partial charge is 0.227 e. The minimum absolute atomic E-state index is 0.0366. The van der Waals surface area contributed by atoms with Crippen molar-refractivity contribution in [3.63, 3.8) is 0 Å². The second-order valence-electron chi connectivity index (χ2n) is 9.05. The summed E-state index contributed by atoms with van der Waals surface area (Å²) in [5.74, 6) is 1.33. The van der Waals surface area contributed by atoms with Crippen LogP contribution in [0.3, 0.4) is 0 Å². The molecule has 180 valence electrons. The van der Waals surface area contributed by atoms with Crippen LogP contribution in [0.4, 0.5) is 5.69 Å². The Balaban J connectivity index is 3.23. The van der Waals surface area contributed by atoms with Crippen LogP contribution in [-0.4, -0.2) is 30.3 Å². The van der Waals surface area contributed by atoms with Gasteiger partial charge in [-0.2, -0.15) is 0 Å². The van der Waals surface area contributed by atoms with Gasteiger partial charge in [0, 0.05) is 30.9 Å². The molecule has 5 heteroatoms. The SMILES string of the molecule is CCCC(=O)N(c1ccc(C(CCC)CCC(C)CC)cc1C)C(C=S)CCC(=O)NC. The van der Waals surface area contributed by atoms with Gasteiger partial charge in [0.15, 0.2) is 0 Å². The highest BCUT2D eigenvalue weighted by molar-refractivity contribution is 7.79. The predicted molar refractivity (Wildman–Crippen MR) is 141 cm³/mol. The van der Waals surface area contributed by atoms with Crippen LogP contribution in [0.5, 0.6) is 0 Å². The summed E-state index contributed by atoms with van der Waals surface area (Å²) >= 11 is 5.31. The Labute approximate surface area is 201 Å². The van der Waals surface area contributed by atoms with E-state index in [-0.39, 0.29) is 17.9 Å². The molecule has 1 aromatic rings. The van der Waals surface area contributed by atoms with Crippen molar-refractivity contribution >= 4 is 35.1 Å². The normalized spacial score (nSPS) is 13.8. The van der Waals surface area contributed by atoms with Crippen LogP contribution in [0.1, 0.15) is 103 Å². The molecule has 3 unspecified atom stereocenters. The molecule has 0 saturated carbocycles. The van der Waals surface area contributed by atoms with Gasteiger partial charge in [0.1, 0.15) is 0 Å². The molecule has 0 aliphatic carbocycles. The van der Waals surface area contributed by atoms with Crippen molar-refractivity contribution in [2.24, 2.45) is 5.92 Å². The number of rotatable bonds is 15. The van der Waals surface area contributed by atoms with Gasteiger partial charge in [-0.25, -0.2) is 0 Å². The van der Waals surface area contributed by atoms with Crippen molar-refractivity contribution in [3.05, 3.63) is 29.3 Å². The third-order valence-electron chi connectivity index (χ3n) is 6.46. The van der Waals surface area contributed by atoms with E-state index in [1.807, 2.05) is 11.8 Å². The summed E-state index contributed by atoms with van der Waals surface area (Å²) in [6.45, 7) is 10.9. The first-order chi connectivity index (χ1) is 15.3. The van der Waals surface area contributed by atoms with Crippen molar-refractivity contribution in [1.29, 1.82) is 0 Å². The highest BCUT2D eigenvalue weighted by atomic mass is 32.1. The third-order valence-corrected chi connectivity index (χ3v) is 6.78.